The van der Waals surface area contributed by atoms with Crippen LogP contribution in [0, 0.1) is 13.8 Å². The Morgan fingerprint density at radius 3 is 2.22 bits per heavy atom. The van der Waals surface area contributed by atoms with Gasteiger partial charge in [0.25, 0.3) is 5.91 Å². The summed E-state index contributed by atoms with van der Waals surface area (Å²) in [5.74, 6) is -0.231. The highest BCUT2D eigenvalue weighted by atomic mass is 35.5. The second-order valence-corrected chi connectivity index (χ2v) is 5.53. The van der Waals surface area contributed by atoms with Crippen LogP contribution in [0.5, 0.6) is 5.75 Å². The summed E-state index contributed by atoms with van der Waals surface area (Å²) >= 11 is 6.09. The number of anilines is 1. The maximum Gasteiger partial charge on any atom is 0.262 e. The van der Waals surface area contributed by atoms with Crippen molar-refractivity contribution in [1.82, 2.24) is 0 Å². The van der Waals surface area contributed by atoms with Crippen LogP contribution in [-0.4, -0.2) is 18.4 Å². The van der Waals surface area contributed by atoms with Gasteiger partial charge in [-0.2, -0.15) is 0 Å². The molecule has 0 fully saturated rings. The highest BCUT2D eigenvalue weighted by Gasteiger charge is 2.07. The first-order chi connectivity index (χ1) is 10.9. The van der Waals surface area contributed by atoms with E-state index in [2.05, 4.69) is 5.32 Å². The number of primary amides is 1. The first-order valence-electron chi connectivity index (χ1n) is 6.96. The fourth-order valence-corrected chi connectivity index (χ4v) is 2.16. The fourth-order valence-electron chi connectivity index (χ4n) is 2.05. The van der Waals surface area contributed by atoms with Gasteiger partial charge in [-0.05, 0) is 61.4 Å². The van der Waals surface area contributed by atoms with Crippen molar-refractivity contribution < 1.29 is 14.3 Å². The van der Waals surface area contributed by atoms with Gasteiger partial charge in [0.05, 0.1) is 0 Å². The third kappa shape index (κ3) is 4.47. The van der Waals surface area contributed by atoms with E-state index in [1.54, 1.807) is 36.4 Å². The summed E-state index contributed by atoms with van der Waals surface area (Å²) in [7, 11) is 0. The lowest BCUT2D eigenvalue weighted by atomic mass is 10.1. The van der Waals surface area contributed by atoms with Gasteiger partial charge in [-0.1, -0.05) is 11.6 Å². The molecule has 0 aliphatic carbocycles. The number of carbonyl (C=O) groups excluding carboxylic acids is 2. The molecule has 0 heterocycles. The van der Waals surface area contributed by atoms with E-state index >= 15 is 0 Å². The Balaban J connectivity index is 1.93. The molecular formula is C17H17ClN2O3. The van der Waals surface area contributed by atoms with Crippen molar-refractivity contribution in [2.45, 2.75) is 13.8 Å². The topological polar surface area (TPSA) is 81.4 Å². The van der Waals surface area contributed by atoms with Crippen LogP contribution in [0.3, 0.4) is 0 Å². The third-order valence-electron chi connectivity index (χ3n) is 3.23. The zero-order valence-corrected chi connectivity index (χ0v) is 13.6. The number of aryl methyl sites for hydroxylation is 2. The summed E-state index contributed by atoms with van der Waals surface area (Å²) in [6.45, 7) is 3.63. The highest BCUT2D eigenvalue weighted by Crippen LogP contribution is 2.25. The Bertz CT molecular complexity index is 719. The van der Waals surface area contributed by atoms with Crippen LogP contribution in [0.25, 0.3) is 0 Å². The van der Waals surface area contributed by atoms with Gasteiger partial charge in [-0.25, -0.2) is 0 Å². The minimum Gasteiger partial charge on any atom is -0.484 e. The van der Waals surface area contributed by atoms with Gasteiger partial charge in [0.2, 0.25) is 5.91 Å². The number of ether oxygens (including phenoxy) is 1. The van der Waals surface area contributed by atoms with Crippen molar-refractivity contribution >= 4 is 29.1 Å². The molecular weight excluding hydrogens is 316 g/mol. The van der Waals surface area contributed by atoms with Gasteiger partial charge in [0, 0.05) is 16.3 Å². The van der Waals surface area contributed by atoms with Gasteiger partial charge in [0.15, 0.2) is 6.61 Å². The number of hydrogen-bond acceptors (Lipinski definition) is 3. The van der Waals surface area contributed by atoms with Crippen molar-refractivity contribution in [3.63, 3.8) is 0 Å². The molecule has 2 aromatic rings. The molecule has 0 spiro atoms. The van der Waals surface area contributed by atoms with Crippen LogP contribution >= 0.6 is 11.6 Å². The summed E-state index contributed by atoms with van der Waals surface area (Å²) in [6.07, 6.45) is 0. The molecule has 2 amide bonds. The maximum absolute atomic E-state index is 11.9. The Kier molecular flexibility index (Phi) is 5.24. The molecule has 0 radical (unpaired) electrons. The van der Waals surface area contributed by atoms with Gasteiger partial charge in [-0.15, -0.1) is 0 Å². The number of nitrogens with two attached hydrogens (primary N) is 1. The van der Waals surface area contributed by atoms with Crippen molar-refractivity contribution in [3.05, 3.63) is 58.1 Å². The lowest BCUT2D eigenvalue weighted by molar-refractivity contribution is -0.118. The molecule has 0 unspecified atom stereocenters. The van der Waals surface area contributed by atoms with Crippen LogP contribution in [0.15, 0.2) is 36.4 Å². The number of carbonyl (C=O) groups is 2. The zero-order chi connectivity index (χ0) is 17.0. The van der Waals surface area contributed by atoms with Gasteiger partial charge < -0.3 is 15.8 Å². The van der Waals surface area contributed by atoms with Crippen LogP contribution in [0.4, 0.5) is 5.69 Å². The molecule has 0 aromatic heterocycles. The first kappa shape index (κ1) is 16.8. The number of hydrogen-bond donors (Lipinski definition) is 2. The van der Waals surface area contributed by atoms with E-state index < -0.39 is 5.91 Å². The molecule has 0 aliphatic rings. The highest BCUT2D eigenvalue weighted by molar-refractivity contribution is 6.32. The van der Waals surface area contributed by atoms with Crippen LogP contribution in [0.1, 0.15) is 21.5 Å². The van der Waals surface area contributed by atoms with E-state index in [-0.39, 0.29) is 12.5 Å². The number of rotatable bonds is 5. The third-order valence-corrected chi connectivity index (χ3v) is 3.83. The molecule has 0 bridgehead atoms. The van der Waals surface area contributed by atoms with E-state index in [4.69, 9.17) is 22.1 Å². The summed E-state index contributed by atoms with van der Waals surface area (Å²) in [6, 6.07) is 9.87. The lowest BCUT2D eigenvalue weighted by Crippen LogP contribution is -2.20. The van der Waals surface area contributed by atoms with Gasteiger partial charge in [-0.3, -0.25) is 9.59 Å². The Morgan fingerprint density at radius 2 is 1.70 bits per heavy atom. The molecule has 0 atom stereocenters. The van der Waals surface area contributed by atoms with Crippen LogP contribution < -0.4 is 15.8 Å². The fraction of sp³-hybridized carbons (Fsp3) is 0.176. The lowest BCUT2D eigenvalue weighted by Gasteiger charge is -2.10. The molecule has 120 valence electrons. The van der Waals surface area contributed by atoms with E-state index in [9.17, 15) is 9.59 Å². The van der Waals surface area contributed by atoms with Crippen molar-refractivity contribution in [2.75, 3.05) is 11.9 Å². The quantitative estimate of drug-likeness (QED) is 0.882. The summed E-state index contributed by atoms with van der Waals surface area (Å²) in [4.78, 5) is 22.9. The van der Waals surface area contributed by atoms with E-state index in [0.717, 1.165) is 11.1 Å². The smallest absolute Gasteiger partial charge is 0.262 e. The molecule has 3 N–H and O–H groups in total. The number of halogens is 1. The molecule has 0 saturated heterocycles. The minimum atomic E-state index is -0.514. The van der Waals surface area contributed by atoms with E-state index in [1.165, 1.54) is 0 Å². The Labute approximate surface area is 139 Å². The van der Waals surface area contributed by atoms with Gasteiger partial charge >= 0.3 is 0 Å². The maximum atomic E-state index is 11.9. The standard InChI is InChI=1S/C17H17ClN2O3/c1-10-7-14(8-11(2)16(10)18)23-9-15(21)20-13-5-3-12(4-6-13)17(19)22/h3-8H,9H2,1-2H3,(H2,19,22)(H,20,21). The molecule has 2 rings (SSSR count). The molecule has 0 saturated carbocycles. The number of amides is 2. The molecule has 5 nitrogen and oxygen atoms in total. The molecule has 6 heteroatoms. The Hall–Kier alpha value is -2.53. The van der Waals surface area contributed by atoms with E-state index in [0.29, 0.717) is 22.0 Å². The van der Waals surface area contributed by atoms with Crippen molar-refractivity contribution in [1.29, 1.82) is 0 Å². The molecule has 23 heavy (non-hydrogen) atoms. The normalized spacial score (nSPS) is 10.2. The summed E-state index contributed by atoms with van der Waals surface area (Å²) in [5.41, 5.74) is 7.88. The second kappa shape index (κ2) is 7.15. The molecule has 0 aliphatic heterocycles. The molecule has 2 aromatic carbocycles. The zero-order valence-electron chi connectivity index (χ0n) is 12.9. The summed E-state index contributed by atoms with van der Waals surface area (Å²) < 4.78 is 5.47. The van der Waals surface area contributed by atoms with Crippen LogP contribution in [-0.2, 0) is 4.79 Å². The Morgan fingerprint density at radius 1 is 1.13 bits per heavy atom. The first-order valence-corrected chi connectivity index (χ1v) is 7.34. The van der Waals surface area contributed by atoms with Crippen molar-refractivity contribution in [3.8, 4) is 5.75 Å². The number of nitrogens with one attached hydrogen (secondary N) is 1. The SMILES string of the molecule is Cc1cc(OCC(=O)Nc2ccc(C(N)=O)cc2)cc(C)c1Cl. The van der Waals surface area contributed by atoms with E-state index in [1.807, 2.05) is 13.8 Å². The largest absolute Gasteiger partial charge is 0.484 e. The number of benzene rings is 2. The van der Waals surface area contributed by atoms with Crippen molar-refractivity contribution in [2.24, 2.45) is 5.73 Å². The van der Waals surface area contributed by atoms with Gasteiger partial charge in [0.1, 0.15) is 5.75 Å². The summed E-state index contributed by atoms with van der Waals surface area (Å²) in [5, 5.41) is 3.37. The predicted molar refractivity (Wildman–Crippen MR) is 90.0 cm³/mol. The average molecular weight is 333 g/mol. The predicted octanol–water partition coefficient (Wildman–Crippen LogP) is 3.07. The monoisotopic (exact) mass is 332 g/mol. The minimum absolute atomic E-state index is 0.127. The van der Waals surface area contributed by atoms with Crippen LogP contribution in [0.2, 0.25) is 5.02 Å². The average Bonchev–Trinajstić information content (AvgIpc) is 2.51. The second-order valence-electron chi connectivity index (χ2n) is 5.15.